The number of nitrogens with one attached hydrogen (secondary N) is 3. The number of aryl methyl sites for hydroxylation is 1. The molecule has 0 unspecified atom stereocenters. The number of alkyl halides is 3. The number of aromatic amines is 1. The second kappa shape index (κ2) is 11.8. The van der Waals surface area contributed by atoms with Crippen LogP contribution in [0.15, 0.2) is 54.7 Å². The molecule has 0 spiro atoms. The van der Waals surface area contributed by atoms with Crippen molar-refractivity contribution in [3.8, 4) is 11.5 Å². The van der Waals surface area contributed by atoms with Gasteiger partial charge in [0, 0.05) is 63.2 Å². The molecule has 3 N–H and O–H groups in total. The van der Waals surface area contributed by atoms with Crippen molar-refractivity contribution in [3.63, 3.8) is 0 Å². The third-order valence-corrected chi connectivity index (χ3v) is 7.14. The summed E-state index contributed by atoms with van der Waals surface area (Å²) in [6.07, 6.45) is -2.89. The Morgan fingerprint density at radius 2 is 1.79 bits per heavy atom. The number of rotatable bonds is 7. The van der Waals surface area contributed by atoms with Crippen molar-refractivity contribution < 1.29 is 27.5 Å². The zero-order chi connectivity index (χ0) is 30.0. The molecule has 0 atom stereocenters. The fourth-order valence-electron chi connectivity index (χ4n) is 4.87. The molecule has 0 bridgehead atoms. The molecule has 42 heavy (non-hydrogen) atoms. The number of H-pyrrole nitrogens is 1. The molecule has 12 heteroatoms. The lowest BCUT2D eigenvalue weighted by Gasteiger charge is -2.33. The van der Waals surface area contributed by atoms with Gasteiger partial charge in [-0.2, -0.15) is 13.2 Å². The largest absolute Gasteiger partial charge is 0.456 e. The summed E-state index contributed by atoms with van der Waals surface area (Å²) in [5.41, 5.74) is 0.799. The number of pyridine rings is 1. The molecule has 0 saturated carbocycles. The van der Waals surface area contributed by atoms with Gasteiger partial charge in [0.25, 0.3) is 5.91 Å². The molecule has 0 aliphatic carbocycles. The van der Waals surface area contributed by atoms with Gasteiger partial charge < -0.3 is 25.3 Å². The summed E-state index contributed by atoms with van der Waals surface area (Å²) in [5, 5.41) is 5.90. The molecule has 1 aliphatic rings. The maximum atomic E-state index is 14.0. The minimum Gasteiger partial charge on any atom is -0.456 e. The summed E-state index contributed by atoms with van der Waals surface area (Å²) in [4.78, 5) is 36.3. The number of nitrogens with zero attached hydrogens (tertiary/aromatic N) is 3. The van der Waals surface area contributed by atoms with Crippen molar-refractivity contribution in [2.45, 2.75) is 26.6 Å². The number of anilines is 2. The van der Waals surface area contributed by atoms with Crippen LogP contribution in [0.1, 0.15) is 34.0 Å². The van der Waals surface area contributed by atoms with Crippen molar-refractivity contribution in [1.82, 2.24) is 19.8 Å². The van der Waals surface area contributed by atoms with Crippen LogP contribution in [-0.2, 0) is 17.5 Å². The number of piperazine rings is 1. The van der Waals surface area contributed by atoms with Crippen LogP contribution in [0.3, 0.4) is 0 Å². The zero-order valence-electron chi connectivity index (χ0n) is 23.4. The molecule has 4 aromatic rings. The smallest absolute Gasteiger partial charge is 0.416 e. The lowest BCUT2D eigenvalue weighted by atomic mass is 10.0. The molecule has 1 saturated heterocycles. The average molecular weight is 581 g/mol. The SMILES string of the molecule is CC(=O)Nc1cc(Oc2ccc(C)c(C(=O)Nc3ccc(CN4CCN(C)CC4)c(C(F)(F)F)c3)c2)c2cc[nH]c2n1. The van der Waals surface area contributed by atoms with Gasteiger partial charge in [-0.25, -0.2) is 4.98 Å². The number of benzene rings is 2. The Kier molecular flexibility index (Phi) is 8.19. The highest BCUT2D eigenvalue weighted by Crippen LogP contribution is 2.35. The fourth-order valence-corrected chi connectivity index (χ4v) is 4.87. The molecule has 2 aromatic carbocycles. The predicted molar refractivity (Wildman–Crippen MR) is 154 cm³/mol. The van der Waals surface area contributed by atoms with Crippen LogP contribution < -0.4 is 15.4 Å². The summed E-state index contributed by atoms with van der Waals surface area (Å²) >= 11 is 0. The van der Waals surface area contributed by atoms with Crippen LogP contribution in [0.25, 0.3) is 11.0 Å². The van der Waals surface area contributed by atoms with Gasteiger partial charge >= 0.3 is 6.18 Å². The van der Waals surface area contributed by atoms with Crippen molar-refractivity contribution in [3.05, 3.63) is 77.0 Å². The van der Waals surface area contributed by atoms with Crippen molar-refractivity contribution >= 4 is 34.4 Å². The van der Waals surface area contributed by atoms with E-state index in [0.29, 0.717) is 41.2 Å². The first-order valence-corrected chi connectivity index (χ1v) is 13.4. The van der Waals surface area contributed by atoms with Crippen molar-refractivity contribution in [2.75, 3.05) is 43.9 Å². The predicted octanol–water partition coefficient (Wildman–Crippen LogP) is 5.64. The average Bonchev–Trinajstić information content (AvgIpc) is 3.40. The Morgan fingerprint density at radius 3 is 2.50 bits per heavy atom. The minimum absolute atomic E-state index is 0.0447. The highest BCUT2D eigenvalue weighted by Gasteiger charge is 2.34. The summed E-state index contributed by atoms with van der Waals surface area (Å²) in [5.74, 6) is 0.139. The van der Waals surface area contributed by atoms with E-state index in [0.717, 1.165) is 19.2 Å². The number of halogens is 3. The molecule has 220 valence electrons. The quantitative estimate of drug-likeness (QED) is 0.262. The van der Waals surface area contributed by atoms with E-state index in [9.17, 15) is 22.8 Å². The Bertz CT molecular complexity index is 1630. The monoisotopic (exact) mass is 580 g/mol. The number of fused-ring (bicyclic) bond motifs is 1. The van der Waals surface area contributed by atoms with Crippen LogP contribution in [0.4, 0.5) is 24.7 Å². The molecule has 1 aliphatic heterocycles. The molecule has 3 heterocycles. The number of hydrogen-bond acceptors (Lipinski definition) is 6. The van der Waals surface area contributed by atoms with E-state index in [1.54, 1.807) is 37.4 Å². The molecular weight excluding hydrogens is 549 g/mol. The van der Waals surface area contributed by atoms with Gasteiger partial charge in [0.1, 0.15) is 23.0 Å². The van der Waals surface area contributed by atoms with Gasteiger partial charge in [0.05, 0.1) is 10.9 Å². The first kappa shape index (κ1) is 29.1. The first-order valence-electron chi connectivity index (χ1n) is 13.4. The number of ether oxygens (including phenoxy) is 1. The second-order valence-corrected chi connectivity index (χ2v) is 10.4. The van der Waals surface area contributed by atoms with E-state index in [4.69, 9.17) is 4.74 Å². The zero-order valence-corrected chi connectivity index (χ0v) is 23.4. The Morgan fingerprint density at radius 1 is 1.02 bits per heavy atom. The molecule has 2 aromatic heterocycles. The Balaban J connectivity index is 1.37. The number of likely N-dealkylation sites (N-methyl/N-ethyl adjacent to an activating group) is 1. The molecular formula is C30H31F3N6O3. The maximum Gasteiger partial charge on any atom is 0.416 e. The number of aromatic nitrogens is 2. The molecule has 2 amide bonds. The number of carbonyl (C=O) groups excluding carboxylic acids is 2. The lowest BCUT2D eigenvalue weighted by molar-refractivity contribution is -0.138. The molecule has 0 radical (unpaired) electrons. The van der Waals surface area contributed by atoms with Crippen LogP contribution in [-0.4, -0.2) is 64.8 Å². The number of amides is 2. The van der Waals surface area contributed by atoms with E-state index in [1.165, 1.54) is 25.1 Å². The summed E-state index contributed by atoms with van der Waals surface area (Å²) < 4.78 is 48.2. The van der Waals surface area contributed by atoms with Crippen LogP contribution in [0.2, 0.25) is 0 Å². The van der Waals surface area contributed by atoms with Gasteiger partial charge in [-0.15, -0.1) is 0 Å². The molecule has 9 nitrogen and oxygen atoms in total. The van der Waals surface area contributed by atoms with E-state index >= 15 is 0 Å². The van der Waals surface area contributed by atoms with Gasteiger partial charge in [-0.05, 0) is 55.4 Å². The van der Waals surface area contributed by atoms with Gasteiger partial charge in [-0.1, -0.05) is 12.1 Å². The van der Waals surface area contributed by atoms with Crippen LogP contribution >= 0.6 is 0 Å². The topological polar surface area (TPSA) is 103 Å². The summed E-state index contributed by atoms with van der Waals surface area (Å²) in [6, 6.07) is 12.1. The van der Waals surface area contributed by atoms with E-state index in [1.807, 2.05) is 11.9 Å². The fraction of sp³-hybridized carbons (Fsp3) is 0.300. The molecule has 5 rings (SSSR count). The van der Waals surface area contributed by atoms with Crippen molar-refractivity contribution in [2.24, 2.45) is 0 Å². The third-order valence-electron chi connectivity index (χ3n) is 7.14. The standard InChI is InChI=1S/C30H31F3N6O3/c1-18-4-7-22(42-26-16-27(35-19(2)40)37-28-23(26)8-9-34-28)15-24(18)29(41)36-21-6-5-20(25(14-21)30(31,32)33)17-39-12-10-38(3)11-13-39/h4-9,14-16H,10-13,17H2,1-3H3,(H,36,41)(H2,34,35,37,40). The second-order valence-electron chi connectivity index (χ2n) is 10.4. The molecule has 1 fully saturated rings. The summed E-state index contributed by atoms with van der Waals surface area (Å²) in [7, 11) is 1.99. The maximum absolute atomic E-state index is 14.0. The Hall–Kier alpha value is -4.42. The minimum atomic E-state index is -4.57. The highest BCUT2D eigenvalue weighted by molar-refractivity contribution is 6.05. The van der Waals surface area contributed by atoms with Gasteiger partial charge in [0.2, 0.25) is 5.91 Å². The number of hydrogen-bond donors (Lipinski definition) is 3. The third kappa shape index (κ3) is 6.72. The van der Waals surface area contributed by atoms with Gasteiger partial charge in [-0.3, -0.25) is 14.5 Å². The Labute approximate surface area is 240 Å². The summed E-state index contributed by atoms with van der Waals surface area (Å²) in [6.45, 7) is 6.25. The first-order chi connectivity index (χ1) is 20.0. The van der Waals surface area contributed by atoms with E-state index < -0.39 is 17.6 Å². The van der Waals surface area contributed by atoms with Crippen LogP contribution in [0, 0.1) is 6.92 Å². The van der Waals surface area contributed by atoms with Crippen LogP contribution in [0.5, 0.6) is 11.5 Å². The van der Waals surface area contributed by atoms with E-state index in [-0.39, 0.29) is 35.1 Å². The van der Waals surface area contributed by atoms with Gasteiger partial charge in [0.15, 0.2) is 0 Å². The van der Waals surface area contributed by atoms with E-state index in [2.05, 4.69) is 25.5 Å². The lowest BCUT2D eigenvalue weighted by Crippen LogP contribution is -2.44. The normalized spacial score (nSPS) is 14.6. The number of carbonyl (C=O) groups is 2. The highest BCUT2D eigenvalue weighted by atomic mass is 19.4. The van der Waals surface area contributed by atoms with Crippen molar-refractivity contribution in [1.29, 1.82) is 0 Å².